The standard InChI is InChI=1S/C14H23N3OS/c1-4-11(2)16(3)6-7-17-13(18)9-15-14(17)12-5-8-19-10-12/h5,8,10-11,14-15H,4,6-7,9H2,1-3H3. The normalized spacial score (nSPS) is 21.4. The molecule has 1 amide bonds. The first-order chi connectivity index (χ1) is 9.13. The van der Waals surface area contributed by atoms with Crippen LogP contribution in [0.25, 0.3) is 0 Å². The Morgan fingerprint density at radius 2 is 2.42 bits per heavy atom. The zero-order valence-corrected chi connectivity index (χ0v) is 12.7. The SMILES string of the molecule is CCC(C)N(C)CCN1C(=O)CNC1c1ccsc1. The number of likely N-dealkylation sites (N-methyl/N-ethyl adjacent to an activating group) is 1. The quantitative estimate of drug-likeness (QED) is 0.865. The number of rotatable bonds is 6. The molecule has 1 aliphatic rings. The fourth-order valence-electron chi connectivity index (χ4n) is 2.32. The van der Waals surface area contributed by atoms with E-state index in [4.69, 9.17) is 0 Å². The minimum atomic E-state index is 0.0593. The molecule has 1 aliphatic heterocycles. The maximum absolute atomic E-state index is 12.0. The van der Waals surface area contributed by atoms with Gasteiger partial charge in [-0.1, -0.05) is 6.92 Å². The number of amides is 1. The Morgan fingerprint density at radius 3 is 3.05 bits per heavy atom. The van der Waals surface area contributed by atoms with Gasteiger partial charge in [0, 0.05) is 19.1 Å². The molecule has 2 atom stereocenters. The highest BCUT2D eigenvalue weighted by Crippen LogP contribution is 2.24. The molecule has 1 aromatic heterocycles. The van der Waals surface area contributed by atoms with Gasteiger partial charge in [0.25, 0.3) is 0 Å². The molecule has 0 aromatic carbocycles. The first kappa shape index (κ1) is 14.5. The lowest BCUT2D eigenvalue weighted by Crippen LogP contribution is -2.39. The summed E-state index contributed by atoms with van der Waals surface area (Å²) in [6.07, 6.45) is 1.19. The van der Waals surface area contributed by atoms with Crippen molar-refractivity contribution in [2.75, 3.05) is 26.7 Å². The van der Waals surface area contributed by atoms with Crippen LogP contribution in [0.4, 0.5) is 0 Å². The van der Waals surface area contributed by atoms with Crippen LogP contribution in [0.15, 0.2) is 16.8 Å². The number of thiophene rings is 1. The summed E-state index contributed by atoms with van der Waals surface area (Å²) in [5.74, 6) is 0.203. The van der Waals surface area contributed by atoms with E-state index in [1.54, 1.807) is 11.3 Å². The molecule has 0 bridgehead atoms. The minimum absolute atomic E-state index is 0.0593. The third-order valence-corrected chi connectivity index (χ3v) is 4.68. The lowest BCUT2D eigenvalue weighted by atomic mass is 10.2. The van der Waals surface area contributed by atoms with Gasteiger partial charge in [-0.3, -0.25) is 10.1 Å². The van der Waals surface area contributed by atoms with Crippen LogP contribution in [0.1, 0.15) is 32.0 Å². The molecular formula is C14H23N3OS. The second-order valence-corrected chi connectivity index (χ2v) is 5.95. The summed E-state index contributed by atoms with van der Waals surface area (Å²) in [7, 11) is 2.13. The number of carbonyl (C=O) groups is 1. The minimum Gasteiger partial charge on any atom is -0.321 e. The van der Waals surface area contributed by atoms with Gasteiger partial charge >= 0.3 is 0 Å². The predicted molar refractivity (Wildman–Crippen MR) is 79.2 cm³/mol. The highest BCUT2D eigenvalue weighted by atomic mass is 32.1. The molecule has 2 heterocycles. The third-order valence-electron chi connectivity index (χ3n) is 3.97. The van der Waals surface area contributed by atoms with E-state index in [0.717, 1.165) is 19.5 Å². The number of hydrogen-bond acceptors (Lipinski definition) is 4. The molecule has 1 fully saturated rings. The van der Waals surface area contributed by atoms with Gasteiger partial charge in [0.15, 0.2) is 0 Å². The molecule has 2 rings (SSSR count). The fourth-order valence-corrected chi connectivity index (χ4v) is 3.00. The van der Waals surface area contributed by atoms with Crippen LogP contribution < -0.4 is 5.32 Å². The summed E-state index contributed by atoms with van der Waals surface area (Å²) >= 11 is 1.67. The molecule has 19 heavy (non-hydrogen) atoms. The molecule has 106 valence electrons. The van der Waals surface area contributed by atoms with Crippen molar-refractivity contribution in [3.8, 4) is 0 Å². The Labute approximate surface area is 119 Å². The summed E-state index contributed by atoms with van der Waals surface area (Å²) in [5.41, 5.74) is 1.20. The summed E-state index contributed by atoms with van der Waals surface area (Å²) in [6, 6.07) is 2.65. The lowest BCUT2D eigenvalue weighted by molar-refractivity contribution is -0.128. The van der Waals surface area contributed by atoms with Crippen LogP contribution >= 0.6 is 11.3 Å². The molecule has 0 aliphatic carbocycles. The number of carbonyl (C=O) groups excluding carboxylic acids is 1. The Bertz CT molecular complexity index is 407. The van der Waals surface area contributed by atoms with Crippen LogP contribution in [0, 0.1) is 0 Å². The molecule has 0 saturated carbocycles. The monoisotopic (exact) mass is 281 g/mol. The van der Waals surface area contributed by atoms with E-state index in [9.17, 15) is 4.79 Å². The van der Waals surface area contributed by atoms with E-state index in [2.05, 4.69) is 47.9 Å². The second kappa shape index (κ2) is 6.50. The van der Waals surface area contributed by atoms with Gasteiger partial charge in [-0.05, 0) is 42.8 Å². The summed E-state index contributed by atoms with van der Waals surface area (Å²) in [5, 5.41) is 7.46. The van der Waals surface area contributed by atoms with Crippen LogP contribution in [0.3, 0.4) is 0 Å². The maximum Gasteiger partial charge on any atom is 0.238 e. The van der Waals surface area contributed by atoms with E-state index in [1.165, 1.54) is 5.56 Å². The molecule has 1 saturated heterocycles. The summed E-state index contributed by atoms with van der Waals surface area (Å²) in [4.78, 5) is 16.3. The van der Waals surface area contributed by atoms with E-state index >= 15 is 0 Å². The zero-order chi connectivity index (χ0) is 13.8. The Hall–Kier alpha value is -0.910. The summed E-state index contributed by atoms with van der Waals surface area (Å²) in [6.45, 7) is 6.57. The van der Waals surface area contributed by atoms with Crippen molar-refractivity contribution in [2.24, 2.45) is 0 Å². The Balaban J connectivity index is 1.95. The average Bonchev–Trinajstić information content (AvgIpc) is 3.04. The first-order valence-corrected chi connectivity index (χ1v) is 7.83. The molecule has 1 aromatic rings. The molecule has 4 nitrogen and oxygen atoms in total. The molecule has 5 heteroatoms. The predicted octanol–water partition coefficient (Wildman–Crippen LogP) is 1.91. The molecule has 2 unspecified atom stereocenters. The van der Waals surface area contributed by atoms with E-state index in [-0.39, 0.29) is 12.1 Å². The topological polar surface area (TPSA) is 35.6 Å². The van der Waals surface area contributed by atoms with Crippen LogP contribution in [0.5, 0.6) is 0 Å². The third kappa shape index (κ3) is 3.35. The highest BCUT2D eigenvalue weighted by molar-refractivity contribution is 7.07. The van der Waals surface area contributed by atoms with Crippen molar-refractivity contribution in [3.63, 3.8) is 0 Å². The largest absolute Gasteiger partial charge is 0.321 e. The van der Waals surface area contributed by atoms with Crippen molar-refractivity contribution in [1.82, 2.24) is 15.1 Å². The van der Waals surface area contributed by atoms with Crippen molar-refractivity contribution in [1.29, 1.82) is 0 Å². The van der Waals surface area contributed by atoms with Crippen molar-refractivity contribution in [2.45, 2.75) is 32.5 Å². The number of hydrogen-bond donors (Lipinski definition) is 1. The van der Waals surface area contributed by atoms with Crippen LogP contribution in [-0.2, 0) is 4.79 Å². The second-order valence-electron chi connectivity index (χ2n) is 5.17. The van der Waals surface area contributed by atoms with Gasteiger partial charge in [0.2, 0.25) is 5.91 Å². The van der Waals surface area contributed by atoms with Crippen molar-refractivity contribution >= 4 is 17.2 Å². The molecular weight excluding hydrogens is 258 g/mol. The molecule has 0 spiro atoms. The summed E-state index contributed by atoms with van der Waals surface area (Å²) < 4.78 is 0. The average molecular weight is 281 g/mol. The van der Waals surface area contributed by atoms with E-state index in [0.29, 0.717) is 12.6 Å². The fraction of sp³-hybridized carbons (Fsp3) is 0.643. The first-order valence-electron chi connectivity index (χ1n) is 6.88. The molecule has 0 radical (unpaired) electrons. The lowest BCUT2D eigenvalue weighted by Gasteiger charge is -2.29. The van der Waals surface area contributed by atoms with Crippen molar-refractivity contribution in [3.05, 3.63) is 22.4 Å². The van der Waals surface area contributed by atoms with Gasteiger partial charge in [0.1, 0.15) is 6.17 Å². The van der Waals surface area contributed by atoms with Crippen molar-refractivity contribution < 1.29 is 4.79 Å². The maximum atomic E-state index is 12.0. The van der Waals surface area contributed by atoms with Crippen LogP contribution in [0.2, 0.25) is 0 Å². The van der Waals surface area contributed by atoms with Gasteiger partial charge in [0.05, 0.1) is 6.54 Å². The van der Waals surface area contributed by atoms with Gasteiger partial charge in [-0.25, -0.2) is 0 Å². The Kier molecular flexibility index (Phi) is 4.96. The van der Waals surface area contributed by atoms with Crippen LogP contribution in [-0.4, -0.2) is 48.4 Å². The Morgan fingerprint density at radius 1 is 1.63 bits per heavy atom. The van der Waals surface area contributed by atoms with Gasteiger partial charge < -0.3 is 9.80 Å². The van der Waals surface area contributed by atoms with Gasteiger partial charge in [-0.2, -0.15) is 11.3 Å². The number of nitrogens with one attached hydrogen (secondary N) is 1. The number of nitrogens with zero attached hydrogens (tertiary/aromatic N) is 2. The van der Waals surface area contributed by atoms with E-state index in [1.807, 2.05) is 4.90 Å². The smallest absolute Gasteiger partial charge is 0.238 e. The zero-order valence-electron chi connectivity index (χ0n) is 11.9. The van der Waals surface area contributed by atoms with E-state index < -0.39 is 0 Å². The molecule has 1 N–H and O–H groups in total. The van der Waals surface area contributed by atoms with Gasteiger partial charge in [-0.15, -0.1) is 0 Å². The highest BCUT2D eigenvalue weighted by Gasteiger charge is 2.31.